The number of nitrogens with one attached hydrogen (secondary N) is 2. The van der Waals surface area contributed by atoms with Crippen LogP contribution in [0.15, 0.2) is 48.7 Å². The van der Waals surface area contributed by atoms with Gasteiger partial charge in [-0.3, -0.25) is 0 Å². The second-order valence-corrected chi connectivity index (χ2v) is 5.89. The van der Waals surface area contributed by atoms with E-state index in [-0.39, 0.29) is 5.95 Å². The van der Waals surface area contributed by atoms with Crippen LogP contribution in [0.2, 0.25) is 0 Å². The molecule has 0 saturated heterocycles. The number of benzene rings is 2. The molecule has 0 saturated carbocycles. The van der Waals surface area contributed by atoms with Crippen LogP contribution in [0.1, 0.15) is 5.56 Å². The van der Waals surface area contributed by atoms with Gasteiger partial charge in [-0.05, 0) is 42.3 Å². The van der Waals surface area contributed by atoms with Crippen LogP contribution in [-0.4, -0.2) is 30.7 Å². The fourth-order valence-corrected chi connectivity index (χ4v) is 2.59. The minimum Gasteiger partial charge on any atom is -0.493 e. The van der Waals surface area contributed by atoms with Crippen molar-refractivity contribution in [2.24, 2.45) is 0 Å². The van der Waals surface area contributed by atoms with E-state index in [1.165, 1.54) is 6.07 Å². The third-order valence-corrected chi connectivity index (χ3v) is 4.00. The molecule has 8 heteroatoms. The van der Waals surface area contributed by atoms with Crippen molar-refractivity contribution in [3.05, 3.63) is 65.9 Å². The summed E-state index contributed by atoms with van der Waals surface area (Å²) in [6.07, 6.45) is 2.32. The van der Waals surface area contributed by atoms with Crippen molar-refractivity contribution >= 4 is 17.5 Å². The van der Waals surface area contributed by atoms with E-state index in [0.29, 0.717) is 29.5 Å². The third-order valence-electron chi connectivity index (χ3n) is 4.00. The van der Waals surface area contributed by atoms with Crippen LogP contribution < -0.4 is 20.1 Å². The molecule has 0 bridgehead atoms. The fraction of sp³-hybridized carbons (Fsp3) is 0.200. The lowest BCUT2D eigenvalue weighted by atomic mass is 10.1. The summed E-state index contributed by atoms with van der Waals surface area (Å²) in [5.74, 6) is 0.414. The van der Waals surface area contributed by atoms with Crippen LogP contribution in [0.25, 0.3) is 0 Å². The van der Waals surface area contributed by atoms with E-state index in [4.69, 9.17) is 9.47 Å². The van der Waals surface area contributed by atoms with Gasteiger partial charge in [0.05, 0.1) is 14.2 Å². The van der Waals surface area contributed by atoms with Crippen molar-refractivity contribution in [3.8, 4) is 11.5 Å². The van der Waals surface area contributed by atoms with Gasteiger partial charge in [0.1, 0.15) is 5.82 Å². The number of nitrogens with zero attached hydrogens (tertiary/aromatic N) is 2. The van der Waals surface area contributed by atoms with Gasteiger partial charge in [-0.2, -0.15) is 4.98 Å². The topological polar surface area (TPSA) is 68.3 Å². The maximum atomic E-state index is 13.3. The second kappa shape index (κ2) is 8.98. The average molecular weight is 386 g/mol. The summed E-state index contributed by atoms with van der Waals surface area (Å²) in [5.41, 5.74) is 1.45. The van der Waals surface area contributed by atoms with Crippen molar-refractivity contribution < 1.29 is 18.3 Å². The Bertz CT molecular complexity index is 953. The van der Waals surface area contributed by atoms with Crippen LogP contribution in [0.5, 0.6) is 11.5 Å². The second-order valence-electron chi connectivity index (χ2n) is 5.89. The Balaban J connectivity index is 1.59. The molecular weight excluding hydrogens is 366 g/mol. The predicted octanol–water partition coefficient (Wildman–Crippen LogP) is 4.17. The third kappa shape index (κ3) is 4.85. The van der Waals surface area contributed by atoms with E-state index in [1.54, 1.807) is 26.5 Å². The number of rotatable bonds is 8. The molecule has 1 heterocycles. The molecule has 28 heavy (non-hydrogen) atoms. The molecule has 2 aromatic carbocycles. The summed E-state index contributed by atoms with van der Waals surface area (Å²) >= 11 is 0. The van der Waals surface area contributed by atoms with Crippen molar-refractivity contribution in [2.45, 2.75) is 6.42 Å². The first kappa shape index (κ1) is 19.3. The minimum atomic E-state index is -0.936. The smallest absolute Gasteiger partial charge is 0.229 e. The molecule has 146 valence electrons. The minimum absolute atomic E-state index is 0.280. The van der Waals surface area contributed by atoms with Gasteiger partial charge in [-0.25, -0.2) is 13.8 Å². The van der Waals surface area contributed by atoms with Crippen LogP contribution in [-0.2, 0) is 6.42 Å². The lowest BCUT2D eigenvalue weighted by Gasteiger charge is -2.11. The number of hydrogen-bond acceptors (Lipinski definition) is 6. The highest BCUT2D eigenvalue weighted by Crippen LogP contribution is 2.27. The summed E-state index contributed by atoms with van der Waals surface area (Å²) in [7, 11) is 3.20. The fourth-order valence-electron chi connectivity index (χ4n) is 2.59. The number of halogens is 2. The lowest BCUT2D eigenvalue weighted by Crippen LogP contribution is -2.08. The first-order valence-corrected chi connectivity index (χ1v) is 8.59. The number of methoxy groups -OCH3 is 2. The Morgan fingerprint density at radius 1 is 0.929 bits per heavy atom. The van der Waals surface area contributed by atoms with Crippen LogP contribution in [0.3, 0.4) is 0 Å². The van der Waals surface area contributed by atoms with E-state index in [1.807, 2.05) is 18.2 Å². The van der Waals surface area contributed by atoms with Crippen LogP contribution in [0, 0.1) is 11.6 Å². The van der Waals surface area contributed by atoms with E-state index in [9.17, 15) is 8.78 Å². The van der Waals surface area contributed by atoms with Gasteiger partial charge in [0, 0.05) is 24.5 Å². The zero-order chi connectivity index (χ0) is 19.9. The Hall–Kier alpha value is -3.42. The molecule has 0 aliphatic carbocycles. The summed E-state index contributed by atoms with van der Waals surface area (Å²) in [6.45, 7) is 0.636. The Morgan fingerprint density at radius 2 is 1.75 bits per heavy atom. The molecule has 0 aliphatic heterocycles. The Morgan fingerprint density at radius 3 is 2.50 bits per heavy atom. The van der Waals surface area contributed by atoms with E-state index < -0.39 is 11.6 Å². The standard InChI is InChI=1S/C20H20F2N4O2/c1-27-17-6-3-13(11-18(17)28-2)7-9-23-19-8-10-24-20(26-19)25-14-4-5-15(21)16(22)12-14/h3-6,8,10-12H,7,9H2,1-2H3,(H2,23,24,25,26). The van der Waals surface area contributed by atoms with Gasteiger partial charge in [-0.1, -0.05) is 6.07 Å². The zero-order valence-electron chi connectivity index (χ0n) is 15.5. The van der Waals surface area contributed by atoms with Gasteiger partial charge in [0.25, 0.3) is 0 Å². The highest BCUT2D eigenvalue weighted by molar-refractivity contribution is 5.54. The van der Waals surface area contributed by atoms with Crippen molar-refractivity contribution in [3.63, 3.8) is 0 Å². The predicted molar refractivity (Wildman–Crippen MR) is 103 cm³/mol. The van der Waals surface area contributed by atoms with Crippen molar-refractivity contribution in [1.29, 1.82) is 0 Å². The summed E-state index contributed by atoms with van der Waals surface area (Å²) < 4.78 is 36.9. The summed E-state index contributed by atoms with van der Waals surface area (Å²) in [4.78, 5) is 8.40. The molecule has 0 amide bonds. The molecule has 0 spiro atoms. The van der Waals surface area contributed by atoms with Crippen LogP contribution in [0.4, 0.5) is 26.2 Å². The molecule has 1 aromatic heterocycles. The number of hydrogen-bond donors (Lipinski definition) is 2. The van der Waals surface area contributed by atoms with Crippen molar-refractivity contribution in [2.75, 3.05) is 31.4 Å². The molecule has 3 rings (SSSR count). The maximum absolute atomic E-state index is 13.3. The van der Waals surface area contributed by atoms with Crippen LogP contribution >= 0.6 is 0 Å². The molecule has 3 aromatic rings. The Kier molecular flexibility index (Phi) is 6.21. The quantitative estimate of drug-likeness (QED) is 0.606. The SMILES string of the molecule is COc1ccc(CCNc2ccnc(Nc3ccc(F)c(F)c3)n2)cc1OC. The molecular formula is C20H20F2N4O2. The average Bonchev–Trinajstić information content (AvgIpc) is 2.71. The van der Waals surface area contributed by atoms with E-state index in [2.05, 4.69) is 20.6 Å². The van der Waals surface area contributed by atoms with Gasteiger partial charge in [0.15, 0.2) is 23.1 Å². The first-order valence-electron chi connectivity index (χ1n) is 8.59. The molecule has 2 N–H and O–H groups in total. The summed E-state index contributed by atoms with van der Waals surface area (Å²) in [5, 5.41) is 6.06. The molecule has 0 radical (unpaired) electrons. The molecule has 0 aliphatic rings. The van der Waals surface area contributed by atoms with E-state index in [0.717, 1.165) is 24.1 Å². The molecule has 6 nitrogen and oxygen atoms in total. The first-order chi connectivity index (χ1) is 13.6. The van der Waals surface area contributed by atoms with Gasteiger partial charge >= 0.3 is 0 Å². The summed E-state index contributed by atoms with van der Waals surface area (Å²) in [6, 6.07) is 11.0. The molecule has 0 fully saturated rings. The van der Waals surface area contributed by atoms with Crippen molar-refractivity contribution in [1.82, 2.24) is 9.97 Å². The Labute approximate surface area is 161 Å². The number of anilines is 3. The maximum Gasteiger partial charge on any atom is 0.229 e. The van der Waals surface area contributed by atoms with Gasteiger partial charge < -0.3 is 20.1 Å². The highest BCUT2D eigenvalue weighted by atomic mass is 19.2. The highest BCUT2D eigenvalue weighted by Gasteiger charge is 2.06. The van der Waals surface area contributed by atoms with Gasteiger partial charge in [0.2, 0.25) is 5.95 Å². The van der Waals surface area contributed by atoms with E-state index >= 15 is 0 Å². The molecule has 0 unspecified atom stereocenters. The van der Waals surface area contributed by atoms with Gasteiger partial charge in [-0.15, -0.1) is 0 Å². The lowest BCUT2D eigenvalue weighted by molar-refractivity contribution is 0.354. The number of ether oxygens (including phenoxy) is 2. The normalized spacial score (nSPS) is 10.4. The largest absolute Gasteiger partial charge is 0.493 e. The zero-order valence-corrected chi connectivity index (χ0v) is 15.5. The number of aromatic nitrogens is 2. The monoisotopic (exact) mass is 386 g/mol. The molecule has 0 atom stereocenters.